The first-order valence-electron chi connectivity index (χ1n) is 17.2. The van der Waals surface area contributed by atoms with Gasteiger partial charge in [-0.2, -0.15) is 0 Å². The monoisotopic (exact) mass is 651 g/mol. The fourth-order valence-corrected chi connectivity index (χ4v) is 8.19. The van der Waals surface area contributed by atoms with Crippen LogP contribution in [0.15, 0.2) is 176 Å². The Morgan fingerprint density at radius 3 is 1.73 bits per heavy atom. The molecule has 4 aromatic heterocycles. The van der Waals surface area contributed by atoms with Crippen molar-refractivity contribution in [2.24, 2.45) is 0 Å². The van der Waals surface area contributed by atoms with Gasteiger partial charge in [0.2, 0.25) is 0 Å². The van der Waals surface area contributed by atoms with E-state index >= 15 is 0 Å². The van der Waals surface area contributed by atoms with Crippen LogP contribution in [0.4, 0.5) is 17.1 Å². The molecule has 0 fully saturated rings. The molecule has 0 N–H and O–H groups in total. The molecule has 51 heavy (non-hydrogen) atoms. The lowest BCUT2D eigenvalue weighted by Crippen LogP contribution is -2.18. The molecule has 5 heteroatoms. The van der Waals surface area contributed by atoms with Gasteiger partial charge in [0.05, 0.1) is 39.1 Å². The maximum atomic E-state index is 4.46. The second-order valence-electron chi connectivity index (χ2n) is 13.2. The number of nitrogens with zero attached hydrogens (tertiary/aromatic N) is 5. The molecule has 0 spiro atoms. The van der Waals surface area contributed by atoms with E-state index in [4.69, 9.17) is 0 Å². The van der Waals surface area contributed by atoms with Crippen LogP contribution in [0.2, 0.25) is 0 Å². The Hall–Kier alpha value is -6.98. The van der Waals surface area contributed by atoms with E-state index in [0.29, 0.717) is 0 Å². The number of aromatic nitrogens is 4. The van der Waals surface area contributed by atoms with E-state index in [0.717, 1.165) is 50.7 Å². The van der Waals surface area contributed by atoms with Crippen molar-refractivity contribution in [2.45, 2.75) is 0 Å². The topological polar surface area (TPSA) is 38.9 Å². The summed E-state index contributed by atoms with van der Waals surface area (Å²) >= 11 is 0. The van der Waals surface area contributed by atoms with Gasteiger partial charge in [-0.1, -0.05) is 72.8 Å². The van der Waals surface area contributed by atoms with Gasteiger partial charge in [0.1, 0.15) is 0 Å². The maximum Gasteiger partial charge on any atom is 0.0783 e. The normalized spacial score (nSPS) is 12.3. The Labute approximate surface area is 293 Å². The number of para-hydroxylation sites is 5. The van der Waals surface area contributed by atoms with E-state index in [9.17, 15) is 0 Å². The lowest BCUT2D eigenvalue weighted by molar-refractivity contribution is 1.11. The average Bonchev–Trinajstić information content (AvgIpc) is 3.71. The lowest BCUT2D eigenvalue weighted by Gasteiger charge is -2.33. The molecule has 10 aromatic rings. The Morgan fingerprint density at radius 2 is 0.980 bits per heavy atom. The fraction of sp³-hybridized carbons (Fsp3) is 0. The summed E-state index contributed by atoms with van der Waals surface area (Å²) in [6.07, 6.45) is 7.52. The summed E-state index contributed by atoms with van der Waals surface area (Å²) in [5.41, 5.74) is 14.8. The van der Waals surface area contributed by atoms with Crippen molar-refractivity contribution in [1.82, 2.24) is 19.1 Å². The summed E-state index contributed by atoms with van der Waals surface area (Å²) in [5, 5.41) is 4.98. The van der Waals surface area contributed by atoms with E-state index in [1.807, 2.05) is 36.9 Å². The third-order valence-electron chi connectivity index (χ3n) is 10.3. The highest BCUT2D eigenvalue weighted by atomic mass is 15.2. The van der Waals surface area contributed by atoms with Crippen molar-refractivity contribution in [3.05, 3.63) is 176 Å². The van der Waals surface area contributed by atoms with Crippen molar-refractivity contribution in [3.8, 4) is 33.6 Å². The molecule has 5 heterocycles. The molecule has 0 bridgehead atoms. The minimum Gasteiger partial charge on any atom is -0.309 e. The molecular weight excluding hydrogens is 623 g/mol. The van der Waals surface area contributed by atoms with E-state index < -0.39 is 0 Å². The van der Waals surface area contributed by atoms with Crippen LogP contribution >= 0.6 is 0 Å². The molecule has 0 atom stereocenters. The first kappa shape index (κ1) is 27.9. The average molecular weight is 652 g/mol. The second kappa shape index (κ2) is 10.8. The summed E-state index contributed by atoms with van der Waals surface area (Å²) in [7, 11) is 0. The highest BCUT2D eigenvalue weighted by Gasteiger charge is 2.29. The number of benzene rings is 6. The zero-order chi connectivity index (χ0) is 33.5. The van der Waals surface area contributed by atoms with Crippen molar-refractivity contribution in [3.63, 3.8) is 0 Å². The standard InChI is InChI=1S/C46H29N5/c1-2-13-34(14-3-1)49-40-17-5-4-15-36(40)38-26-39-37-16-8-20-43-46(37)51(45(39)27-44(38)49)42-19-7-6-18-41(42)50(43)35-24-32(30-11-9-21-47-28-30)23-33(25-35)31-12-10-22-48-29-31/h1-29H. The Kier molecular flexibility index (Phi) is 5.89. The number of anilines is 3. The molecule has 0 radical (unpaired) electrons. The number of rotatable bonds is 4. The van der Waals surface area contributed by atoms with Gasteiger partial charge in [-0.3, -0.25) is 9.97 Å². The third kappa shape index (κ3) is 4.09. The van der Waals surface area contributed by atoms with Crippen LogP contribution in [0.25, 0.3) is 77.2 Å². The third-order valence-corrected chi connectivity index (χ3v) is 10.3. The predicted molar refractivity (Wildman–Crippen MR) is 210 cm³/mol. The molecule has 238 valence electrons. The number of fused-ring (bicyclic) bond motifs is 8. The van der Waals surface area contributed by atoms with E-state index in [1.54, 1.807) is 0 Å². The molecular formula is C46H29N5. The van der Waals surface area contributed by atoms with Gasteiger partial charge in [0, 0.05) is 68.8 Å². The minimum absolute atomic E-state index is 1.07. The van der Waals surface area contributed by atoms with E-state index in [2.05, 4.69) is 164 Å². The molecule has 1 aliphatic heterocycles. The summed E-state index contributed by atoms with van der Waals surface area (Å²) in [4.78, 5) is 11.3. The Morgan fingerprint density at radius 1 is 0.353 bits per heavy atom. The van der Waals surface area contributed by atoms with Crippen LogP contribution in [0.5, 0.6) is 0 Å². The highest BCUT2D eigenvalue weighted by Crippen LogP contribution is 2.51. The van der Waals surface area contributed by atoms with Crippen molar-refractivity contribution < 1.29 is 0 Å². The summed E-state index contributed by atoms with van der Waals surface area (Å²) in [5.74, 6) is 0. The molecule has 1 aliphatic rings. The SMILES string of the molecule is c1ccc(-n2c3ccccc3c3cc4c5cccc6c5n(c4cc32)-c2ccccc2N6c2cc(-c3cccnc3)cc(-c3cccnc3)c2)cc1. The summed E-state index contributed by atoms with van der Waals surface area (Å²) in [6, 6.07) is 54.8. The molecule has 0 unspecified atom stereocenters. The van der Waals surface area contributed by atoms with Gasteiger partial charge in [-0.15, -0.1) is 0 Å². The number of pyridine rings is 2. The van der Waals surface area contributed by atoms with Crippen LogP contribution in [0, 0.1) is 0 Å². The van der Waals surface area contributed by atoms with E-state index in [1.165, 1.54) is 43.6 Å². The molecule has 0 saturated carbocycles. The van der Waals surface area contributed by atoms with Gasteiger partial charge in [0.25, 0.3) is 0 Å². The Bertz CT molecular complexity index is 2900. The quantitative estimate of drug-likeness (QED) is 0.190. The molecule has 5 nitrogen and oxygen atoms in total. The second-order valence-corrected chi connectivity index (χ2v) is 13.2. The van der Waals surface area contributed by atoms with Crippen LogP contribution in [0.1, 0.15) is 0 Å². The zero-order valence-electron chi connectivity index (χ0n) is 27.5. The molecule has 0 amide bonds. The van der Waals surface area contributed by atoms with Crippen molar-refractivity contribution in [1.29, 1.82) is 0 Å². The number of hydrogen-bond donors (Lipinski definition) is 0. The molecule has 0 aliphatic carbocycles. The largest absolute Gasteiger partial charge is 0.309 e. The predicted octanol–water partition coefficient (Wildman–Crippen LogP) is 11.8. The summed E-state index contributed by atoms with van der Waals surface area (Å²) < 4.78 is 4.88. The van der Waals surface area contributed by atoms with Crippen LogP contribution < -0.4 is 4.90 Å². The molecule has 6 aromatic carbocycles. The van der Waals surface area contributed by atoms with Crippen LogP contribution in [0.3, 0.4) is 0 Å². The van der Waals surface area contributed by atoms with Crippen molar-refractivity contribution >= 4 is 60.7 Å². The van der Waals surface area contributed by atoms with Crippen LogP contribution in [-0.2, 0) is 0 Å². The highest BCUT2D eigenvalue weighted by molar-refractivity contribution is 6.22. The van der Waals surface area contributed by atoms with Gasteiger partial charge in [-0.25, -0.2) is 0 Å². The van der Waals surface area contributed by atoms with Crippen molar-refractivity contribution in [2.75, 3.05) is 4.90 Å². The Balaban J connectivity index is 1.23. The molecule has 0 saturated heterocycles. The zero-order valence-corrected chi connectivity index (χ0v) is 27.5. The van der Waals surface area contributed by atoms with Gasteiger partial charge in [-0.05, 0) is 90.0 Å². The number of hydrogen-bond acceptors (Lipinski definition) is 3. The van der Waals surface area contributed by atoms with Gasteiger partial charge in [0.15, 0.2) is 0 Å². The fourth-order valence-electron chi connectivity index (χ4n) is 8.19. The minimum atomic E-state index is 1.07. The first-order valence-corrected chi connectivity index (χ1v) is 17.2. The van der Waals surface area contributed by atoms with Crippen LogP contribution in [-0.4, -0.2) is 19.1 Å². The van der Waals surface area contributed by atoms with Gasteiger partial charge >= 0.3 is 0 Å². The lowest BCUT2D eigenvalue weighted by atomic mass is 9.98. The maximum absolute atomic E-state index is 4.46. The summed E-state index contributed by atoms with van der Waals surface area (Å²) in [6.45, 7) is 0. The first-order chi connectivity index (χ1) is 25.3. The smallest absolute Gasteiger partial charge is 0.0783 e. The van der Waals surface area contributed by atoms with E-state index in [-0.39, 0.29) is 0 Å². The van der Waals surface area contributed by atoms with Gasteiger partial charge < -0.3 is 14.0 Å². The molecule has 11 rings (SSSR count).